The maximum Gasteiger partial charge on any atom is 0.335 e. The van der Waals surface area contributed by atoms with Crippen molar-refractivity contribution in [2.45, 2.75) is 17.4 Å². The highest BCUT2D eigenvalue weighted by Gasteiger charge is 2.02. The van der Waals surface area contributed by atoms with Crippen LogP contribution in [0.4, 0.5) is 0 Å². The molecule has 0 heterocycles. The van der Waals surface area contributed by atoms with Gasteiger partial charge in [-0.15, -0.1) is 11.6 Å². The molecule has 2 aromatic carbocycles. The van der Waals surface area contributed by atoms with Gasteiger partial charge in [0.2, 0.25) is 0 Å². The van der Waals surface area contributed by atoms with Gasteiger partial charge in [0, 0.05) is 17.4 Å². The van der Waals surface area contributed by atoms with Gasteiger partial charge in [0.15, 0.2) is 0 Å². The first-order chi connectivity index (χ1) is 9.69. The number of alkyl halides is 1. The summed E-state index contributed by atoms with van der Waals surface area (Å²) in [6.45, 7) is 0. The first-order valence-electron chi connectivity index (χ1n) is 6.23. The van der Waals surface area contributed by atoms with E-state index in [2.05, 4.69) is 12.1 Å². The molecule has 2 aromatic rings. The summed E-state index contributed by atoms with van der Waals surface area (Å²) < 4.78 is 0. The number of halogens is 1. The number of thioether (sulfide) groups is 1. The van der Waals surface area contributed by atoms with Crippen LogP contribution in [0.3, 0.4) is 0 Å². The van der Waals surface area contributed by atoms with Crippen LogP contribution in [0.15, 0.2) is 48.5 Å². The molecule has 0 aromatic heterocycles. The van der Waals surface area contributed by atoms with Crippen molar-refractivity contribution < 1.29 is 9.90 Å². The zero-order valence-corrected chi connectivity index (χ0v) is 12.5. The molecule has 20 heavy (non-hydrogen) atoms. The van der Waals surface area contributed by atoms with Gasteiger partial charge < -0.3 is 5.11 Å². The van der Waals surface area contributed by atoms with Crippen molar-refractivity contribution in [1.29, 1.82) is 0 Å². The van der Waals surface area contributed by atoms with Gasteiger partial charge >= 0.3 is 5.97 Å². The number of carbonyl (C=O) groups is 1. The Labute approximate surface area is 127 Å². The second-order valence-corrected chi connectivity index (χ2v) is 5.70. The lowest BCUT2D eigenvalue weighted by atomic mass is 10.1. The van der Waals surface area contributed by atoms with Crippen LogP contribution in [0, 0.1) is 0 Å². The molecule has 0 radical (unpaired) electrons. The van der Waals surface area contributed by atoms with E-state index in [-0.39, 0.29) is 0 Å². The molecule has 0 atom stereocenters. The van der Waals surface area contributed by atoms with E-state index in [0.717, 1.165) is 22.6 Å². The van der Waals surface area contributed by atoms with Crippen LogP contribution >= 0.6 is 23.4 Å². The van der Waals surface area contributed by atoms with E-state index in [1.807, 2.05) is 24.3 Å². The predicted molar refractivity (Wildman–Crippen MR) is 84.4 cm³/mol. The van der Waals surface area contributed by atoms with Crippen LogP contribution in [0.2, 0.25) is 0 Å². The topological polar surface area (TPSA) is 37.3 Å². The lowest BCUT2D eigenvalue weighted by Crippen LogP contribution is -1.95. The van der Waals surface area contributed by atoms with Crippen LogP contribution in [-0.4, -0.2) is 11.1 Å². The summed E-state index contributed by atoms with van der Waals surface area (Å²) in [7, 11) is 0. The minimum Gasteiger partial charge on any atom is -0.478 e. The molecule has 1 N–H and O–H groups in total. The van der Waals surface area contributed by atoms with Gasteiger partial charge in [-0.2, -0.15) is 11.8 Å². The van der Waals surface area contributed by atoms with Crippen LogP contribution in [0.1, 0.15) is 27.0 Å². The van der Waals surface area contributed by atoms with Crippen molar-refractivity contribution in [2.75, 3.05) is 0 Å². The second kappa shape index (κ2) is 7.36. The third-order valence-electron chi connectivity index (χ3n) is 2.88. The fraction of sp³-hybridized carbons (Fsp3) is 0.188. The molecule has 2 nitrogen and oxygen atoms in total. The van der Waals surface area contributed by atoms with Crippen molar-refractivity contribution in [2.24, 2.45) is 0 Å². The Morgan fingerprint density at radius 3 is 2.30 bits per heavy atom. The van der Waals surface area contributed by atoms with E-state index in [4.69, 9.17) is 16.7 Å². The molecule has 0 aliphatic rings. The number of carboxylic acids is 1. The molecule has 4 heteroatoms. The molecule has 0 saturated heterocycles. The Bertz CT molecular complexity index is 581. The van der Waals surface area contributed by atoms with Crippen LogP contribution < -0.4 is 0 Å². The normalized spacial score (nSPS) is 10.4. The van der Waals surface area contributed by atoms with Gasteiger partial charge in [-0.25, -0.2) is 4.79 Å². The Morgan fingerprint density at radius 2 is 1.65 bits per heavy atom. The largest absolute Gasteiger partial charge is 0.478 e. The average molecular weight is 307 g/mol. The Kier molecular flexibility index (Phi) is 5.50. The molecule has 0 fully saturated rings. The summed E-state index contributed by atoms with van der Waals surface area (Å²) in [6.07, 6.45) is 0. The molecule has 0 unspecified atom stereocenters. The van der Waals surface area contributed by atoms with Crippen molar-refractivity contribution >= 4 is 29.3 Å². The number of hydrogen-bond donors (Lipinski definition) is 1. The highest BCUT2D eigenvalue weighted by molar-refractivity contribution is 7.97. The Hall–Kier alpha value is -1.45. The van der Waals surface area contributed by atoms with Gasteiger partial charge in [0.05, 0.1) is 5.56 Å². The standard InChI is InChI=1S/C16H15ClO2S/c17-9-13-2-1-3-14(8-13)11-20-10-12-4-6-15(7-5-12)16(18)19/h1-8H,9-11H2,(H,18,19). The zero-order chi connectivity index (χ0) is 14.4. The number of carboxylic acid groups (broad SMARTS) is 1. The minimum atomic E-state index is -0.887. The molecule has 0 aliphatic carbocycles. The van der Waals surface area contributed by atoms with E-state index in [1.54, 1.807) is 23.9 Å². The monoisotopic (exact) mass is 306 g/mol. The fourth-order valence-electron chi connectivity index (χ4n) is 1.83. The van der Waals surface area contributed by atoms with Gasteiger partial charge in [0.25, 0.3) is 0 Å². The third kappa shape index (κ3) is 4.29. The number of aromatic carboxylic acids is 1. The smallest absolute Gasteiger partial charge is 0.335 e. The van der Waals surface area contributed by atoms with E-state index >= 15 is 0 Å². The van der Waals surface area contributed by atoms with E-state index in [9.17, 15) is 4.79 Å². The molecule has 0 spiro atoms. The molecule has 0 bridgehead atoms. The maximum absolute atomic E-state index is 10.8. The highest BCUT2D eigenvalue weighted by Crippen LogP contribution is 2.19. The van der Waals surface area contributed by atoms with Gasteiger partial charge in [-0.3, -0.25) is 0 Å². The lowest BCUT2D eigenvalue weighted by molar-refractivity contribution is 0.0697. The van der Waals surface area contributed by atoms with Gasteiger partial charge in [-0.1, -0.05) is 36.4 Å². The average Bonchev–Trinajstić information content (AvgIpc) is 2.48. The first-order valence-corrected chi connectivity index (χ1v) is 7.91. The zero-order valence-electron chi connectivity index (χ0n) is 10.9. The summed E-state index contributed by atoms with van der Waals surface area (Å²) in [5, 5.41) is 8.83. The third-order valence-corrected chi connectivity index (χ3v) is 4.27. The highest BCUT2D eigenvalue weighted by atomic mass is 35.5. The Morgan fingerprint density at radius 1 is 1.00 bits per heavy atom. The maximum atomic E-state index is 10.8. The first kappa shape index (κ1) is 14.9. The summed E-state index contributed by atoms with van der Waals surface area (Å²) in [5.41, 5.74) is 3.85. The van der Waals surface area contributed by atoms with Crippen molar-refractivity contribution in [3.63, 3.8) is 0 Å². The van der Waals surface area contributed by atoms with Crippen molar-refractivity contribution in [1.82, 2.24) is 0 Å². The molecular weight excluding hydrogens is 292 g/mol. The molecule has 0 aliphatic heterocycles. The van der Waals surface area contributed by atoms with Crippen molar-refractivity contribution in [3.05, 3.63) is 70.8 Å². The number of benzene rings is 2. The van der Waals surface area contributed by atoms with Gasteiger partial charge in [0.1, 0.15) is 0 Å². The quantitative estimate of drug-likeness (QED) is 0.795. The molecule has 2 rings (SSSR count). The summed E-state index contributed by atoms with van der Waals surface area (Å²) in [4.78, 5) is 10.8. The number of hydrogen-bond acceptors (Lipinski definition) is 2. The van der Waals surface area contributed by atoms with E-state index < -0.39 is 5.97 Å². The SMILES string of the molecule is O=C(O)c1ccc(CSCc2cccc(CCl)c2)cc1. The molecule has 0 amide bonds. The summed E-state index contributed by atoms with van der Waals surface area (Å²) in [5.74, 6) is 1.44. The van der Waals surface area contributed by atoms with E-state index in [0.29, 0.717) is 11.4 Å². The fourth-order valence-corrected chi connectivity index (χ4v) is 2.94. The number of rotatable bonds is 6. The van der Waals surface area contributed by atoms with Crippen LogP contribution in [-0.2, 0) is 17.4 Å². The summed E-state index contributed by atoms with van der Waals surface area (Å²) >= 11 is 7.62. The van der Waals surface area contributed by atoms with Crippen LogP contribution in [0.5, 0.6) is 0 Å². The summed E-state index contributed by atoms with van der Waals surface area (Å²) in [6, 6.07) is 15.3. The van der Waals surface area contributed by atoms with Crippen molar-refractivity contribution in [3.8, 4) is 0 Å². The van der Waals surface area contributed by atoms with Gasteiger partial charge in [-0.05, 0) is 28.8 Å². The molecule has 104 valence electrons. The van der Waals surface area contributed by atoms with Crippen LogP contribution in [0.25, 0.3) is 0 Å². The predicted octanol–water partition coefficient (Wildman–Crippen LogP) is 4.56. The molecular formula is C16H15ClO2S. The Balaban J connectivity index is 1.87. The second-order valence-electron chi connectivity index (χ2n) is 4.45. The minimum absolute atomic E-state index is 0.327. The molecule has 0 saturated carbocycles. The van der Waals surface area contributed by atoms with E-state index in [1.165, 1.54) is 5.56 Å². The lowest BCUT2D eigenvalue weighted by Gasteiger charge is -2.04.